The van der Waals surface area contributed by atoms with Gasteiger partial charge in [-0.3, -0.25) is 4.90 Å². The van der Waals surface area contributed by atoms with Gasteiger partial charge in [-0.15, -0.1) is 0 Å². The summed E-state index contributed by atoms with van der Waals surface area (Å²) >= 11 is 0. The number of ether oxygens (including phenoxy) is 2. The predicted octanol–water partition coefficient (Wildman–Crippen LogP) is 0.887. The Labute approximate surface area is 120 Å². The zero-order valence-electron chi connectivity index (χ0n) is 12.3. The quantitative estimate of drug-likeness (QED) is 0.667. The molecule has 0 aliphatic rings. The Morgan fingerprint density at radius 3 is 2.70 bits per heavy atom. The predicted molar refractivity (Wildman–Crippen MR) is 77.9 cm³/mol. The molecule has 0 amide bonds. The van der Waals surface area contributed by atoms with Gasteiger partial charge in [0.25, 0.3) is 0 Å². The van der Waals surface area contributed by atoms with E-state index in [0.29, 0.717) is 32.8 Å². The molecule has 20 heavy (non-hydrogen) atoms. The Hall–Kier alpha value is -1.14. The Morgan fingerprint density at radius 1 is 1.30 bits per heavy atom. The van der Waals surface area contributed by atoms with E-state index in [1.165, 1.54) is 0 Å². The molecule has 0 saturated carbocycles. The molecule has 0 bridgehead atoms. The van der Waals surface area contributed by atoms with Crippen LogP contribution < -0.4 is 4.74 Å². The van der Waals surface area contributed by atoms with E-state index in [-0.39, 0.29) is 6.61 Å². The third kappa shape index (κ3) is 5.88. The molecule has 1 aromatic carbocycles. The minimum absolute atomic E-state index is 0.0521. The van der Waals surface area contributed by atoms with Crippen molar-refractivity contribution in [2.24, 2.45) is 0 Å². The zero-order chi connectivity index (χ0) is 14.8. The maximum atomic E-state index is 9.90. The molecule has 0 saturated heterocycles. The first-order chi connectivity index (χ1) is 9.71. The smallest absolute Gasteiger partial charge is 0.123 e. The van der Waals surface area contributed by atoms with Crippen molar-refractivity contribution < 1.29 is 19.7 Å². The summed E-state index contributed by atoms with van der Waals surface area (Å²) in [5, 5.41) is 19.0. The fourth-order valence-corrected chi connectivity index (χ4v) is 2.06. The number of hydrogen-bond donors (Lipinski definition) is 2. The summed E-state index contributed by atoms with van der Waals surface area (Å²) < 4.78 is 10.5. The lowest BCUT2D eigenvalue weighted by Gasteiger charge is -2.25. The molecule has 1 atom stereocenters. The van der Waals surface area contributed by atoms with Gasteiger partial charge in [0, 0.05) is 31.8 Å². The minimum Gasteiger partial charge on any atom is -0.496 e. The monoisotopic (exact) mass is 283 g/mol. The molecule has 1 unspecified atom stereocenters. The van der Waals surface area contributed by atoms with Crippen molar-refractivity contribution in [3.8, 4) is 5.75 Å². The van der Waals surface area contributed by atoms with Crippen LogP contribution >= 0.6 is 0 Å². The maximum Gasteiger partial charge on any atom is 0.123 e. The van der Waals surface area contributed by atoms with Crippen LogP contribution in [-0.4, -0.2) is 61.2 Å². The van der Waals surface area contributed by atoms with Gasteiger partial charge in [-0.05, 0) is 13.0 Å². The van der Waals surface area contributed by atoms with Crippen molar-refractivity contribution in [1.82, 2.24) is 4.90 Å². The second kappa shape index (κ2) is 9.72. The molecule has 5 heteroatoms. The fraction of sp³-hybridized carbons (Fsp3) is 0.600. The Balaban J connectivity index is 2.61. The lowest BCUT2D eigenvalue weighted by Crippen LogP contribution is -2.36. The summed E-state index contributed by atoms with van der Waals surface area (Å²) in [6.45, 7) is 4.42. The Morgan fingerprint density at radius 2 is 2.05 bits per heavy atom. The average Bonchev–Trinajstić information content (AvgIpc) is 2.46. The van der Waals surface area contributed by atoms with Crippen molar-refractivity contribution in [2.75, 3.05) is 40.0 Å². The van der Waals surface area contributed by atoms with Crippen LogP contribution in [0, 0.1) is 0 Å². The van der Waals surface area contributed by atoms with E-state index in [2.05, 4.69) is 0 Å². The molecule has 0 aliphatic carbocycles. The summed E-state index contributed by atoms with van der Waals surface area (Å²) in [5.74, 6) is 0.815. The standard InChI is InChI=1S/C15H25NO4/c1-3-20-12-14(18)11-16(8-9-17)10-13-6-4-5-7-15(13)19-2/h4-7,14,17-18H,3,8-12H2,1-2H3. The van der Waals surface area contributed by atoms with Gasteiger partial charge in [-0.25, -0.2) is 0 Å². The number of aliphatic hydroxyl groups excluding tert-OH is 2. The van der Waals surface area contributed by atoms with E-state index in [1.807, 2.05) is 36.1 Å². The van der Waals surface area contributed by atoms with E-state index in [1.54, 1.807) is 7.11 Å². The van der Waals surface area contributed by atoms with Crippen LogP contribution in [-0.2, 0) is 11.3 Å². The third-order valence-electron chi connectivity index (χ3n) is 2.99. The molecule has 114 valence electrons. The molecule has 1 aromatic rings. The van der Waals surface area contributed by atoms with E-state index in [4.69, 9.17) is 14.6 Å². The zero-order valence-corrected chi connectivity index (χ0v) is 12.3. The van der Waals surface area contributed by atoms with Gasteiger partial charge in [-0.2, -0.15) is 0 Å². The number of hydrogen-bond acceptors (Lipinski definition) is 5. The molecule has 1 rings (SSSR count). The Kier molecular flexibility index (Phi) is 8.22. The molecule has 0 radical (unpaired) electrons. The number of benzene rings is 1. The summed E-state index contributed by atoms with van der Waals surface area (Å²) in [6, 6.07) is 7.76. The van der Waals surface area contributed by atoms with E-state index in [0.717, 1.165) is 11.3 Å². The van der Waals surface area contributed by atoms with Crippen molar-refractivity contribution in [3.05, 3.63) is 29.8 Å². The highest BCUT2D eigenvalue weighted by molar-refractivity contribution is 5.33. The molecule has 0 aliphatic heterocycles. The first-order valence-corrected chi connectivity index (χ1v) is 6.92. The van der Waals surface area contributed by atoms with Crippen LogP contribution in [0.5, 0.6) is 5.75 Å². The van der Waals surface area contributed by atoms with Crippen LogP contribution in [0.1, 0.15) is 12.5 Å². The lowest BCUT2D eigenvalue weighted by molar-refractivity contribution is 0.0165. The van der Waals surface area contributed by atoms with Gasteiger partial charge in [0.2, 0.25) is 0 Å². The molecule has 0 aromatic heterocycles. The van der Waals surface area contributed by atoms with Crippen LogP contribution in [0.2, 0.25) is 0 Å². The van der Waals surface area contributed by atoms with Crippen molar-refractivity contribution in [1.29, 1.82) is 0 Å². The minimum atomic E-state index is -0.559. The van der Waals surface area contributed by atoms with Crippen molar-refractivity contribution in [3.63, 3.8) is 0 Å². The molecule has 0 spiro atoms. The van der Waals surface area contributed by atoms with Crippen LogP contribution in [0.25, 0.3) is 0 Å². The SMILES string of the molecule is CCOCC(O)CN(CCO)Cc1ccccc1OC. The van der Waals surface area contributed by atoms with Crippen LogP contribution in [0.4, 0.5) is 0 Å². The molecular formula is C15H25NO4. The van der Waals surface area contributed by atoms with Gasteiger partial charge < -0.3 is 19.7 Å². The molecule has 0 heterocycles. The number of rotatable bonds is 10. The van der Waals surface area contributed by atoms with Gasteiger partial charge >= 0.3 is 0 Å². The van der Waals surface area contributed by atoms with E-state index >= 15 is 0 Å². The van der Waals surface area contributed by atoms with Gasteiger partial charge in [0.1, 0.15) is 5.75 Å². The van der Waals surface area contributed by atoms with Crippen molar-refractivity contribution >= 4 is 0 Å². The highest BCUT2D eigenvalue weighted by Crippen LogP contribution is 2.19. The van der Waals surface area contributed by atoms with Gasteiger partial charge in [-0.1, -0.05) is 18.2 Å². The summed E-state index contributed by atoms with van der Waals surface area (Å²) in [4.78, 5) is 1.99. The number of aliphatic hydroxyl groups is 2. The highest BCUT2D eigenvalue weighted by atomic mass is 16.5. The van der Waals surface area contributed by atoms with Gasteiger partial charge in [0.05, 0.1) is 26.4 Å². The van der Waals surface area contributed by atoms with Gasteiger partial charge in [0.15, 0.2) is 0 Å². The normalized spacial score (nSPS) is 12.7. The molecule has 5 nitrogen and oxygen atoms in total. The van der Waals surface area contributed by atoms with Crippen molar-refractivity contribution in [2.45, 2.75) is 19.6 Å². The summed E-state index contributed by atoms with van der Waals surface area (Å²) in [5.41, 5.74) is 1.03. The summed E-state index contributed by atoms with van der Waals surface area (Å²) in [6.07, 6.45) is -0.559. The number of para-hydroxylation sites is 1. The lowest BCUT2D eigenvalue weighted by atomic mass is 10.2. The highest BCUT2D eigenvalue weighted by Gasteiger charge is 2.14. The summed E-state index contributed by atoms with van der Waals surface area (Å²) in [7, 11) is 1.64. The second-order valence-electron chi connectivity index (χ2n) is 4.58. The largest absolute Gasteiger partial charge is 0.496 e. The van der Waals surface area contributed by atoms with Crippen LogP contribution in [0.3, 0.4) is 0 Å². The maximum absolute atomic E-state index is 9.90. The average molecular weight is 283 g/mol. The first kappa shape index (κ1) is 16.9. The molecule has 2 N–H and O–H groups in total. The molecular weight excluding hydrogens is 258 g/mol. The second-order valence-corrected chi connectivity index (χ2v) is 4.58. The Bertz CT molecular complexity index is 373. The van der Waals surface area contributed by atoms with E-state index < -0.39 is 6.10 Å². The third-order valence-corrected chi connectivity index (χ3v) is 2.99. The van der Waals surface area contributed by atoms with Crippen LogP contribution in [0.15, 0.2) is 24.3 Å². The van der Waals surface area contributed by atoms with E-state index in [9.17, 15) is 5.11 Å². The molecule has 0 fully saturated rings. The number of methoxy groups -OCH3 is 1. The first-order valence-electron chi connectivity index (χ1n) is 6.92. The fourth-order valence-electron chi connectivity index (χ4n) is 2.06. The topological polar surface area (TPSA) is 62.2 Å². The number of nitrogens with zero attached hydrogens (tertiary/aromatic N) is 1.